The average molecular weight is 149 g/mol. The van der Waals surface area contributed by atoms with Gasteiger partial charge in [-0.05, 0) is 5.22 Å². The molecule has 0 saturated heterocycles. The van der Waals surface area contributed by atoms with Gasteiger partial charge in [0.2, 0.25) is 5.84 Å². The van der Waals surface area contributed by atoms with Crippen LogP contribution in [-0.4, -0.2) is 21.3 Å². The van der Waals surface area contributed by atoms with Crippen molar-refractivity contribution in [2.45, 2.75) is 0 Å². The maximum atomic E-state index is 10.8. The molecule has 0 aromatic carbocycles. The molecule has 1 amide bonds. The van der Waals surface area contributed by atoms with Crippen LogP contribution in [0.25, 0.3) is 0 Å². The van der Waals surface area contributed by atoms with Crippen LogP contribution in [0.15, 0.2) is 34.2 Å². The Morgan fingerprint density at radius 2 is 2.36 bits per heavy atom. The minimum absolute atomic E-state index is 0.183. The number of nitrogens with zero attached hydrogens (tertiary/aromatic N) is 5. The largest absolute Gasteiger partial charge is 0.335 e. The van der Waals surface area contributed by atoms with Gasteiger partial charge in [0.25, 0.3) is 0 Å². The van der Waals surface area contributed by atoms with Crippen LogP contribution in [-0.2, 0) is 4.79 Å². The second kappa shape index (κ2) is 2.08. The van der Waals surface area contributed by atoms with Gasteiger partial charge >= 0.3 is 5.91 Å². The first-order chi connectivity index (χ1) is 5.38. The lowest BCUT2D eigenvalue weighted by Crippen LogP contribution is -2.16. The lowest BCUT2D eigenvalue weighted by Gasteiger charge is -1.92. The summed E-state index contributed by atoms with van der Waals surface area (Å²) in [4.78, 5) is 14.6. The molecule has 0 aliphatic carbocycles. The topological polar surface area (TPSA) is 72.0 Å². The molecule has 0 unspecified atom stereocenters. The van der Waals surface area contributed by atoms with Gasteiger partial charge in [0.05, 0.1) is 0 Å². The van der Waals surface area contributed by atoms with E-state index in [-0.39, 0.29) is 5.84 Å². The van der Waals surface area contributed by atoms with Gasteiger partial charge in [0, 0.05) is 12.4 Å². The molecule has 2 rings (SSSR count). The Hall–Kier alpha value is -1.85. The van der Waals surface area contributed by atoms with Crippen LogP contribution in [0.3, 0.4) is 0 Å². The fourth-order valence-corrected chi connectivity index (χ4v) is 0.739. The monoisotopic (exact) mass is 149 g/mol. The van der Waals surface area contributed by atoms with Gasteiger partial charge in [0.1, 0.15) is 6.33 Å². The first kappa shape index (κ1) is 5.90. The number of carbonyl (C=O) groups is 1. The van der Waals surface area contributed by atoms with Crippen molar-refractivity contribution in [1.29, 1.82) is 0 Å². The van der Waals surface area contributed by atoms with E-state index in [1.54, 1.807) is 12.4 Å². The smallest absolute Gasteiger partial charge is 0.284 e. The first-order valence-corrected chi connectivity index (χ1v) is 2.89. The minimum Gasteiger partial charge on any atom is -0.284 e. The number of carbonyl (C=O) groups excluding carboxylic acids is 1. The van der Waals surface area contributed by atoms with E-state index < -0.39 is 5.91 Å². The predicted molar refractivity (Wildman–Crippen MR) is 34.9 cm³/mol. The Morgan fingerprint density at radius 1 is 1.45 bits per heavy atom. The van der Waals surface area contributed by atoms with E-state index >= 15 is 0 Å². The zero-order valence-corrected chi connectivity index (χ0v) is 5.38. The third-order valence-electron chi connectivity index (χ3n) is 1.22. The lowest BCUT2D eigenvalue weighted by atomic mass is 10.5. The van der Waals surface area contributed by atoms with E-state index in [2.05, 4.69) is 20.4 Å². The molecule has 1 aromatic heterocycles. The molecule has 1 aromatic rings. The summed E-state index contributed by atoms with van der Waals surface area (Å²) in [6.07, 6.45) is 4.62. The van der Waals surface area contributed by atoms with Crippen LogP contribution in [0.1, 0.15) is 0 Å². The van der Waals surface area contributed by atoms with E-state index in [4.69, 9.17) is 0 Å². The Kier molecular flexibility index (Phi) is 1.12. The SMILES string of the molecule is O=C1N=NN=C1n1ccnc1. The summed E-state index contributed by atoms with van der Waals surface area (Å²) in [5.41, 5.74) is 0. The molecular formula is C5H3N5O. The van der Waals surface area contributed by atoms with Gasteiger partial charge in [-0.15, -0.1) is 5.10 Å². The summed E-state index contributed by atoms with van der Waals surface area (Å²) in [6, 6.07) is 0. The summed E-state index contributed by atoms with van der Waals surface area (Å²) < 4.78 is 1.46. The van der Waals surface area contributed by atoms with Gasteiger partial charge in [-0.25, -0.2) is 4.98 Å². The molecule has 6 heteroatoms. The number of hydrogen-bond donors (Lipinski definition) is 0. The van der Waals surface area contributed by atoms with Gasteiger partial charge < -0.3 is 0 Å². The molecule has 0 atom stereocenters. The Balaban J connectivity index is 2.40. The van der Waals surface area contributed by atoms with E-state index in [1.807, 2.05) is 0 Å². The molecule has 54 valence electrons. The summed E-state index contributed by atoms with van der Waals surface area (Å²) in [6.45, 7) is 0. The number of rotatable bonds is 0. The zero-order valence-electron chi connectivity index (χ0n) is 5.38. The normalized spacial score (nSPS) is 15.6. The maximum absolute atomic E-state index is 10.8. The minimum atomic E-state index is -0.442. The van der Waals surface area contributed by atoms with E-state index in [9.17, 15) is 4.79 Å². The summed E-state index contributed by atoms with van der Waals surface area (Å²) in [5.74, 6) is -0.259. The number of amides is 1. The summed E-state index contributed by atoms with van der Waals surface area (Å²) in [7, 11) is 0. The Labute approximate surface area is 61.3 Å². The van der Waals surface area contributed by atoms with Crippen LogP contribution < -0.4 is 0 Å². The summed E-state index contributed by atoms with van der Waals surface area (Å²) in [5, 5.41) is 9.93. The summed E-state index contributed by atoms with van der Waals surface area (Å²) >= 11 is 0. The molecule has 0 spiro atoms. The van der Waals surface area contributed by atoms with Crippen molar-refractivity contribution < 1.29 is 4.79 Å². The first-order valence-electron chi connectivity index (χ1n) is 2.89. The van der Waals surface area contributed by atoms with E-state index in [0.29, 0.717) is 0 Å². The third kappa shape index (κ3) is 0.841. The molecule has 0 fully saturated rings. The lowest BCUT2D eigenvalue weighted by molar-refractivity contribution is -0.112. The van der Waals surface area contributed by atoms with Crippen LogP contribution in [0.2, 0.25) is 0 Å². The quantitative estimate of drug-likeness (QED) is 0.522. The van der Waals surface area contributed by atoms with Gasteiger partial charge in [-0.1, -0.05) is 5.11 Å². The van der Waals surface area contributed by atoms with Crippen LogP contribution in [0.4, 0.5) is 0 Å². The van der Waals surface area contributed by atoms with Crippen molar-refractivity contribution in [3.63, 3.8) is 0 Å². The van der Waals surface area contributed by atoms with Gasteiger partial charge in [-0.3, -0.25) is 9.36 Å². The van der Waals surface area contributed by atoms with Crippen molar-refractivity contribution >= 4 is 11.7 Å². The highest BCUT2D eigenvalue weighted by Gasteiger charge is 2.16. The van der Waals surface area contributed by atoms with Crippen LogP contribution >= 0.6 is 0 Å². The zero-order chi connectivity index (χ0) is 7.68. The molecule has 0 saturated carbocycles. The maximum Gasteiger partial charge on any atom is 0.335 e. The number of hydrogen-bond acceptors (Lipinski definition) is 4. The Bertz CT molecular complexity index is 336. The van der Waals surface area contributed by atoms with Crippen molar-refractivity contribution in [2.75, 3.05) is 0 Å². The molecular weight excluding hydrogens is 146 g/mol. The molecule has 0 bridgehead atoms. The Morgan fingerprint density at radius 3 is 2.91 bits per heavy atom. The van der Waals surface area contributed by atoms with Gasteiger partial charge in [-0.2, -0.15) is 0 Å². The second-order valence-corrected chi connectivity index (χ2v) is 1.89. The molecule has 11 heavy (non-hydrogen) atoms. The number of imidazole rings is 1. The van der Waals surface area contributed by atoms with E-state index in [0.717, 1.165) is 0 Å². The van der Waals surface area contributed by atoms with Crippen molar-refractivity contribution in [3.05, 3.63) is 18.7 Å². The highest BCUT2D eigenvalue weighted by molar-refractivity contribution is 6.39. The average Bonchev–Trinajstić information content (AvgIpc) is 2.55. The predicted octanol–water partition coefficient (Wildman–Crippen LogP) is 0.0371. The molecule has 0 radical (unpaired) electrons. The molecule has 6 nitrogen and oxygen atoms in total. The fourth-order valence-electron chi connectivity index (χ4n) is 0.739. The highest BCUT2D eigenvalue weighted by atomic mass is 16.2. The second-order valence-electron chi connectivity index (χ2n) is 1.89. The molecule has 1 aliphatic heterocycles. The van der Waals surface area contributed by atoms with Crippen molar-refractivity contribution in [2.24, 2.45) is 15.4 Å². The van der Waals surface area contributed by atoms with Crippen LogP contribution in [0.5, 0.6) is 0 Å². The fraction of sp³-hybridized carbons (Fsp3) is 0. The third-order valence-corrected chi connectivity index (χ3v) is 1.22. The number of aromatic nitrogens is 2. The van der Waals surface area contributed by atoms with Gasteiger partial charge in [0.15, 0.2) is 0 Å². The van der Waals surface area contributed by atoms with E-state index in [1.165, 1.54) is 10.9 Å². The van der Waals surface area contributed by atoms with Crippen molar-refractivity contribution in [1.82, 2.24) is 9.55 Å². The van der Waals surface area contributed by atoms with Crippen molar-refractivity contribution in [3.8, 4) is 0 Å². The van der Waals surface area contributed by atoms with Crippen LogP contribution in [0, 0.1) is 0 Å². The standard InChI is InChI=1S/C5H3N5O/c11-5-4(7-9-8-5)10-2-1-6-3-10/h1-3H. The molecule has 1 aliphatic rings. The highest BCUT2D eigenvalue weighted by Crippen LogP contribution is 1.99. The molecule has 0 N–H and O–H groups in total. The molecule has 2 heterocycles.